The Balaban J connectivity index is 2.52. The maximum absolute atomic E-state index is 6.11. The third kappa shape index (κ3) is 2.63. The molecule has 0 fully saturated rings. The number of halogens is 3. The average Bonchev–Trinajstić information content (AvgIpc) is 2.34. The molecule has 6 heteroatoms. The molecule has 1 aromatic heterocycles. The van der Waals surface area contributed by atoms with Crippen LogP contribution in [0.15, 0.2) is 24.5 Å². The lowest BCUT2D eigenvalue weighted by Crippen LogP contribution is -1.95. The van der Waals surface area contributed by atoms with Crippen molar-refractivity contribution in [2.75, 3.05) is 12.4 Å². The van der Waals surface area contributed by atoms with E-state index < -0.39 is 0 Å². The van der Waals surface area contributed by atoms with Crippen LogP contribution in [0, 0.1) is 0 Å². The first-order valence-electron chi connectivity index (χ1n) is 4.76. The van der Waals surface area contributed by atoms with Crippen molar-refractivity contribution in [3.05, 3.63) is 39.6 Å². The molecule has 0 atom stereocenters. The fraction of sp³-hybridized carbons (Fsp3) is 0.0909. The molecule has 2 aromatic rings. The predicted octanol–water partition coefficient (Wildman–Crippen LogP) is 4.15. The summed E-state index contributed by atoms with van der Waals surface area (Å²) in [7, 11) is 1.75. The number of hydrogen-bond acceptors (Lipinski definition) is 3. The van der Waals surface area contributed by atoms with Crippen LogP contribution in [-0.4, -0.2) is 17.0 Å². The molecule has 0 spiro atoms. The highest BCUT2D eigenvalue weighted by molar-refractivity contribution is 6.45. The summed E-state index contributed by atoms with van der Waals surface area (Å²) >= 11 is 18.0. The van der Waals surface area contributed by atoms with Crippen LogP contribution < -0.4 is 5.32 Å². The lowest BCUT2D eigenvalue weighted by atomic mass is 10.1. The second kappa shape index (κ2) is 5.08. The number of nitrogens with zero attached hydrogens (tertiary/aromatic N) is 2. The normalized spacial score (nSPS) is 10.4. The van der Waals surface area contributed by atoms with Gasteiger partial charge in [-0.1, -0.05) is 34.8 Å². The third-order valence-corrected chi connectivity index (χ3v) is 3.20. The lowest BCUT2D eigenvalue weighted by Gasteiger charge is -2.07. The molecule has 0 aliphatic heterocycles. The van der Waals surface area contributed by atoms with Gasteiger partial charge < -0.3 is 5.32 Å². The van der Waals surface area contributed by atoms with Gasteiger partial charge >= 0.3 is 0 Å². The van der Waals surface area contributed by atoms with Crippen molar-refractivity contribution in [2.24, 2.45) is 0 Å². The van der Waals surface area contributed by atoms with E-state index >= 15 is 0 Å². The maximum atomic E-state index is 6.11. The Morgan fingerprint density at radius 3 is 2.29 bits per heavy atom. The number of aromatic nitrogens is 2. The summed E-state index contributed by atoms with van der Waals surface area (Å²) in [6, 6.07) is 3.32. The Labute approximate surface area is 114 Å². The van der Waals surface area contributed by atoms with E-state index in [1.165, 1.54) is 0 Å². The number of rotatable bonds is 2. The highest BCUT2D eigenvalue weighted by Gasteiger charge is 2.10. The van der Waals surface area contributed by atoms with Crippen molar-refractivity contribution >= 4 is 40.8 Å². The molecule has 0 unspecified atom stereocenters. The molecule has 1 heterocycles. The first kappa shape index (κ1) is 12.4. The topological polar surface area (TPSA) is 37.8 Å². The molecule has 0 radical (unpaired) electrons. The minimum Gasteiger partial charge on any atom is -0.357 e. The zero-order valence-electron chi connectivity index (χ0n) is 8.84. The summed E-state index contributed by atoms with van der Waals surface area (Å²) in [6.07, 6.45) is 3.32. The van der Waals surface area contributed by atoms with Crippen molar-refractivity contribution in [1.82, 2.24) is 9.97 Å². The van der Waals surface area contributed by atoms with Crippen molar-refractivity contribution in [1.29, 1.82) is 0 Å². The van der Waals surface area contributed by atoms with E-state index in [-0.39, 0.29) is 0 Å². The fourth-order valence-corrected chi connectivity index (χ4v) is 2.07. The summed E-state index contributed by atoms with van der Waals surface area (Å²) in [5.74, 6) is 0.540. The monoisotopic (exact) mass is 287 g/mol. The minimum absolute atomic E-state index is 0.409. The predicted molar refractivity (Wildman–Crippen MR) is 72.0 cm³/mol. The molecule has 1 N–H and O–H groups in total. The summed E-state index contributed by atoms with van der Waals surface area (Å²) in [4.78, 5) is 8.21. The van der Waals surface area contributed by atoms with Gasteiger partial charge in [-0.3, -0.25) is 0 Å². The molecule has 2 rings (SSSR count). The van der Waals surface area contributed by atoms with Crippen LogP contribution in [-0.2, 0) is 0 Å². The fourth-order valence-electron chi connectivity index (χ4n) is 1.36. The third-order valence-electron chi connectivity index (χ3n) is 2.18. The van der Waals surface area contributed by atoms with Crippen molar-refractivity contribution in [3.8, 4) is 11.1 Å². The van der Waals surface area contributed by atoms with Crippen LogP contribution in [0.3, 0.4) is 0 Å². The van der Waals surface area contributed by atoms with E-state index in [1.54, 1.807) is 31.6 Å². The van der Waals surface area contributed by atoms with Crippen LogP contribution in [0.5, 0.6) is 0 Å². The van der Waals surface area contributed by atoms with Crippen LogP contribution >= 0.6 is 34.8 Å². The maximum Gasteiger partial charge on any atom is 0.222 e. The van der Waals surface area contributed by atoms with Gasteiger partial charge in [0.05, 0.1) is 10.0 Å². The zero-order valence-corrected chi connectivity index (χ0v) is 11.1. The molecule has 3 nitrogen and oxygen atoms in total. The number of anilines is 1. The largest absolute Gasteiger partial charge is 0.357 e. The van der Waals surface area contributed by atoms with Crippen molar-refractivity contribution in [2.45, 2.75) is 0 Å². The lowest BCUT2D eigenvalue weighted by molar-refractivity contribution is 1.15. The van der Waals surface area contributed by atoms with Crippen LogP contribution in [0.1, 0.15) is 0 Å². The Kier molecular flexibility index (Phi) is 3.72. The highest BCUT2D eigenvalue weighted by atomic mass is 35.5. The van der Waals surface area contributed by atoms with E-state index in [2.05, 4.69) is 15.3 Å². The molecule has 0 saturated carbocycles. The molecular weight excluding hydrogens is 281 g/mol. The molecular formula is C11H8Cl3N3. The van der Waals surface area contributed by atoms with E-state index in [4.69, 9.17) is 34.8 Å². The quantitative estimate of drug-likeness (QED) is 0.844. The highest BCUT2D eigenvalue weighted by Crippen LogP contribution is 2.35. The Morgan fingerprint density at radius 1 is 1.06 bits per heavy atom. The van der Waals surface area contributed by atoms with Gasteiger partial charge in [0.2, 0.25) is 5.95 Å². The summed E-state index contributed by atoms with van der Waals surface area (Å²) < 4.78 is 0. The Hall–Kier alpha value is -1.03. The smallest absolute Gasteiger partial charge is 0.222 e. The molecule has 0 aliphatic carbocycles. The van der Waals surface area contributed by atoms with Gasteiger partial charge in [0.25, 0.3) is 0 Å². The zero-order chi connectivity index (χ0) is 12.4. The van der Waals surface area contributed by atoms with Gasteiger partial charge in [-0.05, 0) is 12.1 Å². The second-order valence-corrected chi connectivity index (χ2v) is 4.52. The number of nitrogens with one attached hydrogen (secondary N) is 1. The summed E-state index contributed by atoms with van der Waals surface area (Å²) in [5, 5.41) is 4.21. The SMILES string of the molecule is CNc1ncc(-c2cc(Cl)cc(Cl)c2Cl)cn1. The minimum atomic E-state index is 0.409. The molecule has 0 aliphatic rings. The van der Waals surface area contributed by atoms with Gasteiger partial charge in [0.15, 0.2) is 0 Å². The molecule has 88 valence electrons. The number of benzene rings is 1. The first-order chi connectivity index (χ1) is 8.11. The second-order valence-electron chi connectivity index (χ2n) is 3.29. The van der Waals surface area contributed by atoms with Crippen LogP contribution in [0.4, 0.5) is 5.95 Å². The standard InChI is InChI=1S/C11H8Cl3N3/c1-15-11-16-4-6(5-17-11)8-2-7(12)3-9(13)10(8)14/h2-5H,1H3,(H,15,16,17). The van der Waals surface area contributed by atoms with Crippen LogP contribution in [0.2, 0.25) is 15.1 Å². The van der Waals surface area contributed by atoms with Crippen molar-refractivity contribution in [3.63, 3.8) is 0 Å². The van der Waals surface area contributed by atoms with Gasteiger partial charge in [-0.25, -0.2) is 9.97 Å². The van der Waals surface area contributed by atoms with Gasteiger partial charge in [-0.2, -0.15) is 0 Å². The Bertz CT molecular complexity index is 540. The molecule has 1 aromatic carbocycles. The van der Waals surface area contributed by atoms with E-state index in [0.29, 0.717) is 26.6 Å². The van der Waals surface area contributed by atoms with E-state index in [9.17, 15) is 0 Å². The van der Waals surface area contributed by atoms with Crippen LogP contribution in [0.25, 0.3) is 11.1 Å². The van der Waals surface area contributed by atoms with Gasteiger partial charge in [0, 0.05) is 35.6 Å². The van der Waals surface area contributed by atoms with Crippen molar-refractivity contribution < 1.29 is 0 Å². The summed E-state index contributed by atoms with van der Waals surface area (Å²) in [6.45, 7) is 0. The average molecular weight is 289 g/mol. The van der Waals surface area contributed by atoms with E-state index in [1.807, 2.05) is 0 Å². The number of hydrogen-bond donors (Lipinski definition) is 1. The molecule has 0 saturated heterocycles. The van der Waals surface area contributed by atoms with E-state index in [0.717, 1.165) is 5.56 Å². The molecule has 0 amide bonds. The first-order valence-corrected chi connectivity index (χ1v) is 5.90. The summed E-state index contributed by atoms with van der Waals surface area (Å²) in [5.41, 5.74) is 1.48. The van der Waals surface area contributed by atoms with Gasteiger partial charge in [-0.15, -0.1) is 0 Å². The van der Waals surface area contributed by atoms with Gasteiger partial charge in [0.1, 0.15) is 0 Å². The molecule has 0 bridgehead atoms. The molecule has 17 heavy (non-hydrogen) atoms. The Morgan fingerprint density at radius 2 is 1.71 bits per heavy atom.